The number of carbonyl (C=O) groups is 1. The first kappa shape index (κ1) is 13.5. The third-order valence-electron chi connectivity index (χ3n) is 3.72. The van der Waals surface area contributed by atoms with Crippen molar-refractivity contribution >= 4 is 33.1 Å². The number of rotatable bonds is 4. The van der Waals surface area contributed by atoms with Gasteiger partial charge in [0.2, 0.25) is 5.91 Å². The molecule has 20 heavy (non-hydrogen) atoms. The first-order valence-corrected chi connectivity index (χ1v) is 7.90. The lowest BCUT2D eigenvalue weighted by atomic mass is 10.0. The Morgan fingerprint density at radius 1 is 1.55 bits per heavy atom. The van der Waals surface area contributed by atoms with E-state index in [0.717, 1.165) is 40.4 Å². The lowest BCUT2D eigenvalue weighted by molar-refractivity contribution is -0.116. The largest absolute Gasteiger partial charge is 0.326 e. The molecule has 2 heterocycles. The number of aromatic nitrogens is 1. The first-order chi connectivity index (χ1) is 9.70. The van der Waals surface area contributed by atoms with E-state index in [-0.39, 0.29) is 5.91 Å². The van der Waals surface area contributed by atoms with Gasteiger partial charge >= 0.3 is 0 Å². The van der Waals surface area contributed by atoms with Gasteiger partial charge in [-0.05, 0) is 57.0 Å². The zero-order valence-corrected chi connectivity index (χ0v) is 12.4. The van der Waals surface area contributed by atoms with Crippen molar-refractivity contribution in [1.29, 1.82) is 0 Å². The highest BCUT2D eigenvalue weighted by atomic mass is 32.1. The van der Waals surface area contributed by atoms with Crippen molar-refractivity contribution in [3.05, 3.63) is 23.2 Å². The number of benzene rings is 1. The van der Waals surface area contributed by atoms with Gasteiger partial charge in [-0.2, -0.15) is 0 Å². The van der Waals surface area contributed by atoms with E-state index >= 15 is 0 Å². The molecule has 1 aromatic carbocycles. The van der Waals surface area contributed by atoms with E-state index in [1.54, 1.807) is 11.3 Å². The monoisotopic (exact) mass is 289 g/mol. The maximum Gasteiger partial charge on any atom is 0.224 e. The average molecular weight is 289 g/mol. The maximum atomic E-state index is 12.0. The second-order valence-electron chi connectivity index (χ2n) is 5.36. The van der Waals surface area contributed by atoms with E-state index in [2.05, 4.69) is 15.6 Å². The predicted molar refractivity (Wildman–Crippen MR) is 83.2 cm³/mol. The van der Waals surface area contributed by atoms with Gasteiger partial charge in [-0.1, -0.05) is 0 Å². The molecule has 5 heteroatoms. The third kappa shape index (κ3) is 3.16. The van der Waals surface area contributed by atoms with Crippen LogP contribution in [0.3, 0.4) is 0 Å². The van der Waals surface area contributed by atoms with Crippen LogP contribution in [-0.4, -0.2) is 24.0 Å². The summed E-state index contributed by atoms with van der Waals surface area (Å²) in [7, 11) is 0. The van der Waals surface area contributed by atoms with E-state index < -0.39 is 0 Å². The topological polar surface area (TPSA) is 54.0 Å². The molecule has 1 fully saturated rings. The van der Waals surface area contributed by atoms with Gasteiger partial charge in [0.05, 0.1) is 15.2 Å². The quantitative estimate of drug-likeness (QED) is 0.910. The number of fused-ring (bicyclic) bond motifs is 1. The minimum Gasteiger partial charge on any atom is -0.326 e. The van der Waals surface area contributed by atoms with Gasteiger partial charge in [0, 0.05) is 12.1 Å². The first-order valence-electron chi connectivity index (χ1n) is 7.08. The molecule has 0 saturated carbocycles. The van der Waals surface area contributed by atoms with E-state index in [9.17, 15) is 4.79 Å². The molecule has 0 spiro atoms. The summed E-state index contributed by atoms with van der Waals surface area (Å²) < 4.78 is 1.13. The molecule has 1 unspecified atom stereocenters. The second kappa shape index (κ2) is 5.89. The van der Waals surface area contributed by atoms with Gasteiger partial charge in [-0.3, -0.25) is 4.79 Å². The molecule has 1 saturated heterocycles. The highest BCUT2D eigenvalue weighted by molar-refractivity contribution is 7.18. The summed E-state index contributed by atoms with van der Waals surface area (Å²) in [6.07, 6.45) is 2.77. The van der Waals surface area contributed by atoms with Crippen LogP contribution in [0, 0.1) is 12.8 Å². The zero-order valence-electron chi connectivity index (χ0n) is 11.6. The molecule has 2 N–H and O–H groups in total. The fourth-order valence-corrected chi connectivity index (χ4v) is 3.50. The molecular formula is C15H19N3OS. The Morgan fingerprint density at radius 3 is 3.25 bits per heavy atom. The minimum absolute atomic E-state index is 0.109. The molecule has 1 amide bonds. The Kier molecular flexibility index (Phi) is 3.98. The maximum absolute atomic E-state index is 12.0. The van der Waals surface area contributed by atoms with E-state index in [4.69, 9.17) is 0 Å². The highest BCUT2D eigenvalue weighted by Gasteiger charge is 2.15. The van der Waals surface area contributed by atoms with Gasteiger partial charge in [-0.15, -0.1) is 11.3 Å². The summed E-state index contributed by atoms with van der Waals surface area (Å²) in [5, 5.41) is 7.37. The number of hydrogen-bond donors (Lipinski definition) is 2. The summed E-state index contributed by atoms with van der Waals surface area (Å²) in [5.74, 6) is 0.768. The molecule has 106 valence electrons. The molecule has 1 aromatic heterocycles. The van der Waals surface area contributed by atoms with E-state index in [1.165, 1.54) is 6.42 Å². The standard InChI is InChI=1S/C15H19N3OS/c1-10-17-13-4-3-12(8-14(13)20-10)18-15(19)5-2-11-6-7-16-9-11/h3-4,8,11,16H,2,5-7,9H2,1H3,(H,18,19). The normalized spacial score (nSPS) is 18.6. The summed E-state index contributed by atoms with van der Waals surface area (Å²) in [5.41, 5.74) is 1.87. The number of nitrogens with zero attached hydrogens (tertiary/aromatic N) is 1. The number of anilines is 1. The molecule has 1 atom stereocenters. The molecule has 1 aliphatic rings. The van der Waals surface area contributed by atoms with Crippen LogP contribution in [0.25, 0.3) is 10.2 Å². The van der Waals surface area contributed by atoms with Gasteiger partial charge in [-0.25, -0.2) is 4.98 Å². The lowest BCUT2D eigenvalue weighted by Gasteiger charge is -2.08. The number of carbonyl (C=O) groups excluding carboxylic acids is 1. The van der Waals surface area contributed by atoms with Crippen molar-refractivity contribution in [3.63, 3.8) is 0 Å². The fraction of sp³-hybridized carbons (Fsp3) is 0.467. The lowest BCUT2D eigenvalue weighted by Crippen LogP contribution is -2.14. The van der Waals surface area contributed by atoms with E-state index in [1.807, 2.05) is 25.1 Å². The Bertz CT molecular complexity index is 617. The SMILES string of the molecule is Cc1nc2ccc(NC(=O)CCC3CCNC3)cc2s1. The second-order valence-corrected chi connectivity index (χ2v) is 6.60. The number of hydrogen-bond acceptors (Lipinski definition) is 4. The van der Waals surface area contributed by atoms with Gasteiger partial charge < -0.3 is 10.6 Å². The fourth-order valence-electron chi connectivity index (χ4n) is 2.64. The van der Waals surface area contributed by atoms with Crippen molar-refractivity contribution < 1.29 is 4.79 Å². The average Bonchev–Trinajstić information content (AvgIpc) is 3.04. The van der Waals surface area contributed by atoms with Crippen LogP contribution in [0.1, 0.15) is 24.3 Å². The van der Waals surface area contributed by atoms with Crippen LogP contribution in [0.2, 0.25) is 0 Å². The van der Waals surface area contributed by atoms with Crippen molar-refractivity contribution in [2.45, 2.75) is 26.2 Å². The number of amides is 1. The summed E-state index contributed by atoms with van der Waals surface area (Å²) >= 11 is 1.66. The van der Waals surface area contributed by atoms with Crippen molar-refractivity contribution in [2.24, 2.45) is 5.92 Å². The molecular weight excluding hydrogens is 270 g/mol. The van der Waals surface area contributed by atoms with Crippen LogP contribution in [0.4, 0.5) is 5.69 Å². The third-order valence-corrected chi connectivity index (χ3v) is 4.65. The smallest absolute Gasteiger partial charge is 0.224 e. The number of aryl methyl sites for hydroxylation is 1. The molecule has 3 rings (SSSR count). The van der Waals surface area contributed by atoms with Crippen LogP contribution in [-0.2, 0) is 4.79 Å². The summed E-state index contributed by atoms with van der Waals surface area (Å²) in [6, 6.07) is 5.90. The molecule has 2 aromatic rings. The number of nitrogens with one attached hydrogen (secondary N) is 2. The Morgan fingerprint density at radius 2 is 2.45 bits per heavy atom. The van der Waals surface area contributed by atoms with Gasteiger partial charge in [0.25, 0.3) is 0 Å². The highest BCUT2D eigenvalue weighted by Crippen LogP contribution is 2.25. The number of thiazole rings is 1. The van der Waals surface area contributed by atoms with E-state index in [0.29, 0.717) is 12.3 Å². The summed E-state index contributed by atoms with van der Waals surface area (Å²) in [4.78, 5) is 16.4. The van der Waals surface area contributed by atoms with Crippen LogP contribution in [0.15, 0.2) is 18.2 Å². The minimum atomic E-state index is 0.109. The predicted octanol–water partition coefficient (Wildman–Crippen LogP) is 2.93. The van der Waals surface area contributed by atoms with Crippen LogP contribution in [0.5, 0.6) is 0 Å². The zero-order chi connectivity index (χ0) is 13.9. The van der Waals surface area contributed by atoms with Crippen LogP contribution >= 0.6 is 11.3 Å². The molecule has 1 aliphatic heterocycles. The van der Waals surface area contributed by atoms with Crippen molar-refractivity contribution in [1.82, 2.24) is 10.3 Å². The Balaban J connectivity index is 1.58. The Labute approximate surface area is 122 Å². The molecule has 0 aliphatic carbocycles. The van der Waals surface area contributed by atoms with Crippen molar-refractivity contribution in [2.75, 3.05) is 18.4 Å². The molecule has 4 nitrogen and oxygen atoms in total. The summed E-state index contributed by atoms with van der Waals surface area (Å²) in [6.45, 7) is 4.14. The van der Waals surface area contributed by atoms with Gasteiger partial charge in [0.1, 0.15) is 0 Å². The molecule has 0 radical (unpaired) electrons. The Hall–Kier alpha value is -1.46. The van der Waals surface area contributed by atoms with Crippen molar-refractivity contribution in [3.8, 4) is 0 Å². The van der Waals surface area contributed by atoms with Crippen LogP contribution < -0.4 is 10.6 Å². The van der Waals surface area contributed by atoms with Gasteiger partial charge in [0.15, 0.2) is 0 Å². The molecule has 0 bridgehead atoms.